The Balaban J connectivity index is 1.60. The quantitative estimate of drug-likeness (QED) is 0.819. The number of benzene rings is 2. The van der Waals surface area contributed by atoms with E-state index < -0.39 is 23.5 Å². The average molecular weight is 349 g/mol. The third kappa shape index (κ3) is 3.49. The van der Waals surface area contributed by atoms with Gasteiger partial charge in [-0.05, 0) is 42.3 Å². The van der Waals surface area contributed by atoms with E-state index in [4.69, 9.17) is 16.3 Å². The first kappa shape index (κ1) is 16.3. The van der Waals surface area contributed by atoms with Crippen molar-refractivity contribution in [2.24, 2.45) is 5.92 Å². The minimum absolute atomic E-state index is 0.144. The van der Waals surface area contributed by atoms with Crippen LogP contribution in [0.5, 0.6) is 5.75 Å². The Labute approximate surface area is 142 Å². The van der Waals surface area contributed by atoms with E-state index >= 15 is 0 Å². The summed E-state index contributed by atoms with van der Waals surface area (Å²) in [6.07, 6.45) is 0.442. The summed E-state index contributed by atoms with van der Waals surface area (Å²) in [6.45, 7) is 0.191. The highest BCUT2D eigenvalue weighted by molar-refractivity contribution is 6.30. The van der Waals surface area contributed by atoms with Crippen LogP contribution in [0.1, 0.15) is 15.9 Å². The van der Waals surface area contributed by atoms with Gasteiger partial charge in [0.2, 0.25) is 5.91 Å². The summed E-state index contributed by atoms with van der Waals surface area (Å²) >= 11 is 5.94. The standard InChI is InChI=1S/C17H14ClFN2O3/c18-12-5-6-15-10(8-12)7-11(9-24-15)16(22)20-21-17(23)13-3-1-2-4-14(13)19/h1-6,8,11H,7,9H2,(H,20,22)(H,21,23)/t11-/m0/s1. The van der Waals surface area contributed by atoms with Crippen molar-refractivity contribution < 1.29 is 18.7 Å². The lowest BCUT2D eigenvalue weighted by Gasteiger charge is -2.24. The number of hydrogen-bond donors (Lipinski definition) is 2. The number of halogens is 2. The first-order chi connectivity index (χ1) is 11.5. The molecule has 24 heavy (non-hydrogen) atoms. The van der Waals surface area contributed by atoms with Crippen LogP contribution in [-0.4, -0.2) is 18.4 Å². The van der Waals surface area contributed by atoms with Crippen molar-refractivity contribution in [1.82, 2.24) is 10.9 Å². The number of ether oxygens (including phenoxy) is 1. The lowest BCUT2D eigenvalue weighted by molar-refractivity contribution is -0.127. The van der Waals surface area contributed by atoms with Crippen molar-refractivity contribution in [3.05, 3.63) is 64.4 Å². The van der Waals surface area contributed by atoms with Crippen LogP contribution in [0.4, 0.5) is 4.39 Å². The molecule has 0 fully saturated rings. The van der Waals surface area contributed by atoms with Gasteiger partial charge < -0.3 is 4.74 Å². The van der Waals surface area contributed by atoms with Gasteiger partial charge in [-0.1, -0.05) is 23.7 Å². The third-order valence-electron chi connectivity index (χ3n) is 3.72. The van der Waals surface area contributed by atoms with E-state index in [0.717, 1.165) is 5.56 Å². The molecular formula is C17H14ClFN2O3. The molecule has 0 radical (unpaired) electrons. The number of rotatable bonds is 2. The number of nitrogens with one attached hydrogen (secondary N) is 2. The summed E-state index contributed by atoms with van der Waals surface area (Å²) in [7, 11) is 0. The van der Waals surface area contributed by atoms with Gasteiger partial charge in [-0.15, -0.1) is 0 Å². The Hall–Kier alpha value is -2.60. The van der Waals surface area contributed by atoms with Crippen LogP contribution >= 0.6 is 11.6 Å². The van der Waals surface area contributed by atoms with Crippen molar-refractivity contribution in [3.63, 3.8) is 0 Å². The average Bonchev–Trinajstić information content (AvgIpc) is 2.59. The van der Waals surface area contributed by atoms with Crippen LogP contribution in [-0.2, 0) is 11.2 Å². The molecule has 0 saturated heterocycles. The largest absolute Gasteiger partial charge is 0.492 e. The number of hydrazine groups is 1. The molecule has 1 aliphatic rings. The maximum Gasteiger partial charge on any atom is 0.272 e. The van der Waals surface area contributed by atoms with Gasteiger partial charge in [0.1, 0.15) is 18.2 Å². The molecule has 1 aliphatic heterocycles. The molecule has 1 heterocycles. The number of carbonyl (C=O) groups excluding carboxylic acids is 2. The van der Waals surface area contributed by atoms with E-state index in [1.807, 2.05) is 0 Å². The maximum absolute atomic E-state index is 13.5. The van der Waals surface area contributed by atoms with Crippen LogP contribution in [0, 0.1) is 11.7 Å². The summed E-state index contributed by atoms with van der Waals surface area (Å²) < 4.78 is 19.0. The van der Waals surface area contributed by atoms with Crippen molar-refractivity contribution in [3.8, 4) is 5.75 Å². The fourth-order valence-electron chi connectivity index (χ4n) is 2.46. The van der Waals surface area contributed by atoms with Gasteiger partial charge in [0, 0.05) is 5.02 Å². The highest BCUT2D eigenvalue weighted by atomic mass is 35.5. The predicted octanol–water partition coefficient (Wildman–Crippen LogP) is 2.49. The third-order valence-corrected chi connectivity index (χ3v) is 3.95. The van der Waals surface area contributed by atoms with Gasteiger partial charge in [-0.2, -0.15) is 0 Å². The van der Waals surface area contributed by atoms with Crippen LogP contribution in [0.3, 0.4) is 0 Å². The number of amides is 2. The van der Waals surface area contributed by atoms with Crippen molar-refractivity contribution in [1.29, 1.82) is 0 Å². The number of fused-ring (bicyclic) bond motifs is 1. The highest BCUT2D eigenvalue weighted by Gasteiger charge is 2.26. The van der Waals surface area contributed by atoms with Gasteiger partial charge in [0.05, 0.1) is 11.5 Å². The highest BCUT2D eigenvalue weighted by Crippen LogP contribution is 2.29. The van der Waals surface area contributed by atoms with Gasteiger partial charge in [0.15, 0.2) is 0 Å². The molecule has 0 unspecified atom stereocenters. The summed E-state index contributed by atoms with van der Waals surface area (Å²) in [5.74, 6) is -1.57. The molecular weight excluding hydrogens is 335 g/mol. The van der Waals surface area contributed by atoms with Crippen molar-refractivity contribution >= 4 is 23.4 Å². The topological polar surface area (TPSA) is 67.4 Å². The Bertz CT molecular complexity index is 797. The molecule has 2 N–H and O–H groups in total. The summed E-state index contributed by atoms with van der Waals surface area (Å²) in [5, 5.41) is 0.561. The summed E-state index contributed by atoms with van der Waals surface area (Å²) in [6, 6.07) is 10.7. The van der Waals surface area contributed by atoms with Crippen molar-refractivity contribution in [2.75, 3.05) is 6.61 Å². The van der Waals surface area contributed by atoms with Gasteiger partial charge in [0.25, 0.3) is 5.91 Å². The second-order valence-electron chi connectivity index (χ2n) is 5.39. The molecule has 7 heteroatoms. The Morgan fingerprint density at radius 3 is 2.75 bits per heavy atom. The van der Waals surface area contributed by atoms with Crippen LogP contribution in [0.25, 0.3) is 0 Å². The summed E-state index contributed by atoms with van der Waals surface area (Å²) in [5.41, 5.74) is 5.20. The smallest absolute Gasteiger partial charge is 0.272 e. The predicted molar refractivity (Wildman–Crippen MR) is 86.1 cm³/mol. The van der Waals surface area contributed by atoms with E-state index in [9.17, 15) is 14.0 Å². The van der Waals surface area contributed by atoms with Gasteiger partial charge in [-0.3, -0.25) is 20.4 Å². The van der Waals surface area contributed by atoms with E-state index in [0.29, 0.717) is 17.2 Å². The van der Waals surface area contributed by atoms with Gasteiger partial charge >= 0.3 is 0 Å². The zero-order chi connectivity index (χ0) is 17.1. The van der Waals surface area contributed by atoms with Gasteiger partial charge in [-0.25, -0.2) is 4.39 Å². The van der Waals surface area contributed by atoms with E-state index in [1.54, 1.807) is 18.2 Å². The Kier molecular flexibility index (Phi) is 4.66. The molecule has 0 bridgehead atoms. The van der Waals surface area contributed by atoms with Crippen LogP contribution < -0.4 is 15.6 Å². The molecule has 0 spiro atoms. The SMILES string of the molecule is O=C(NNC(=O)[C@@H]1COc2ccc(Cl)cc2C1)c1ccccc1F. The zero-order valence-electron chi connectivity index (χ0n) is 12.5. The molecule has 0 aliphatic carbocycles. The molecule has 3 rings (SSSR count). The molecule has 1 atom stereocenters. The lowest BCUT2D eigenvalue weighted by atomic mass is 9.96. The van der Waals surface area contributed by atoms with Crippen LogP contribution in [0.15, 0.2) is 42.5 Å². The number of carbonyl (C=O) groups is 2. The fourth-order valence-corrected chi connectivity index (χ4v) is 2.66. The molecule has 2 aromatic carbocycles. The lowest BCUT2D eigenvalue weighted by Crippen LogP contribution is -2.47. The molecule has 2 aromatic rings. The number of hydrogen-bond acceptors (Lipinski definition) is 3. The Morgan fingerprint density at radius 1 is 1.17 bits per heavy atom. The zero-order valence-corrected chi connectivity index (χ0v) is 13.3. The molecule has 124 valence electrons. The van der Waals surface area contributed by atoms with E-state index in [-0.39, 0.29) is 12.2 Å². The second-order valence-corrected chi connectivity index (χ2v) is 5.82. The van der Waals surface area contributed by atoms with Crippen LogP contribution in [0.2, 0.25) is 5.02 Å². The minimum Gasteiger partial charge on any atom is -0.492 e. The normalized spacial score (nSPS) is 15.8. The minimum atomic E-state index is -0.721. The Morgan fingerprint density at radius 2 is 1.96 bits per heavy atom. The van der Waals surface area contributed by atoms with E-state index in [1.165, 1.54) is 24.3 Å². The molecule has 0 aromatic heterocycles. The maximum atomic E-state index is 13.5. The fraction of sp³-hybridized carbons (Fsp3) is 0.176. The first-order valence-electron chi connectivity index (χ1n) is 7.30. The van der Waals surface area contributed by atoms with Crippen molar-refractivity contribution in [2.45, 2.75) is 6.42 Å². The molecule has 2 amide bonds. The van der Waals surface area contributed by atoms with E-state index in [2.05, 4.69) is 10.9 Å². The summed E-state index contributed by atoms with van der Waals surface area (Å²) in [4.78, 5) is 24.1. The second kappa shape index (κ2) is 6.88. The molecule has 0 saturated carbocycles. The monoisotopic (exact) mass is 348 g/mol. The molecule has 5 nitrogen and oxygen atoms in total. The first-order valence-corrected chi connectivity index (χ1v) is 7.68.